The van der Waals surface area contributed by atoms with Crippen LogP contribution in [0.1, 0.15) is 126 Å². The molecule has 6 fully saturated rings. The van der Waals surface area contributed by atoms with Gasteiger partial charge >= 0.3 is 5.97 Å². The van der Waals surface area contributed by atoms with E-state index in [1.165, 1.54) is 64.2 Å². The van der Waals surface area contributed by atoms with Gasteiger partial charge in [-0.2, -0.15) is 0 Å². The average Bonchev–Trinajstić information content (AvgIpc) is 3.68. The van der Waals surface area contributed by atoms with Crippen molar-refractivity contribution in [1.29, 1.82) is 0 Å². The van der Waals surface area contributed by atoms with Crippen molar-refractivity contribution >= 4 is 5.97 Å². The van der Waals surface area contributed by atoms with Crippen LogP contribution in [0.15, 0.2) is 0 Å². The largest absolute Gasteiger partial charge is 0.462 e. The lowest BCUT2D eigenvalue weighted by Crippen LogP contribution is -2.58. The van der Waals surface area contributed by atoms with Crippen LogP contribution in [0, 0.1) is 56.7 Å². The molecular formula is C33H54O3. The summed E-state index contributed by atoms with van der Waals surface area (Å²) in [5.41, 5.74) is 2.36. The fraction of sp³-hybridized carbons (Fsp3) is 0.970. The first-order chi connectivity index (χ1) is 16.8. The third kappa shape index (κ3) is 3.16. The van der Waals surface area contributed by atoms with Crippen molar-refractivity contribution in [2.24, 2.45) is 56.7 Å². The molecule has 0 radical (unpaired) electrons. The van der Waals surface area contributed by atoms with Gasteiger partial charge in [0.05, 0.1) is 12.2 Å². The van der Waals surface area contributed by atoms with E-state index in [1.807, 2.05) is 0 Å². The van der Waals surface area contributed by atoms with Crippen LogP contribution < -0.4 is 0 Å². The first-order valence-corrected chi connectivity index (χ1v) is 15.6. The first kappa shape index (κ1) is 25.7. The van der Waals surface area contributed by atoms with E-state index < -0.39 is 0 Å². The van der Waals surface area contributed by atoms with Crippen LogP contribution in [-0.2, 0) is 14.3 Å². The Labute approximate surface area is 221 Å². The van der Waals surface area contributed by atoms with Gasteiger partial charge in [-0.25, -0.2) is 0 Å². The van der Waals surface area contributed by atoms with Gasteiger partial charge in [-0.3, -0.25) is 4.79 Å². The Morgan fingerprint density at radius 3 is 2.19 bits per heavy atom. The van der Waals surface area contributed by atoms with Gasteiger partial charge in [0.2, 0.25) is 0 Å². The number of ether oxygens (including phenoxy) is 2. The van der Waals surface area contributed by atoms with Gasteiger partial charge in [0.1, 0.15) is 6.10 Å². The van der Waals surface area contributed by atoms with Crippen molar-refractivity contribution in [3.63, 3.8) is 0 Å². The third-order valence-electron chi connectivity index (χ3n) is 14.8. The Bertz CT molecular complexity index is 920. The van der Waals surface area contributed by atoms with E-state index in [1.54, 1.807) is 6.92 Å². The molecule has 11 atom stereocenters. The van der Waals surface area contributed by atoms with Crippen LogP contribution in [0.5, 0.6) is 0 Å². The molecule has 1 aliphatic heterocycles. The van der Waals surface area contributed by atoms with Gasteiger partial charge < -0.3 is 9.47 Å². The van der Waals surface area contributed by atoms with Gasteiger partial charge in [0.15, 0.2) is 0 Å². The number of carbonyl (C=O) groups is 1. The summed E-state index contributed by atoms with van der Waals surface area (Å²) in [5.74, 6) is 3.90. The maximum Gasteiger partial charge on any atom is 0.302 e. The molecular weight excluding hydrogens is 444 g/mol. The van der Waals surface area contributed by atoms with E-state index in [2.05, 4.69) is 48.5 Å². The third-order valence-corrected chi connectivity index (χ3v) is 14.8. The van der Waals surface area contributed by atoms with Crippen molar-refractivity contribution in [3.8, 4) is 0 Å². The Balaban J connectivity index is 1.21. The number of fused-ring (bicyclic) bond motifs is 2. The molecule has 6 aliphatic rings. The molecule has 0 aromatic heterocycles. The predicted octanol–water partition coefficient (Wildman–Crippen LogP) is 8.20. The molecule has 1 saturated heterocycles. The highest BCUT2D eigenvalue weighted by Gasteiger charge is 2.82. The van der Waals surface area contributed by atoms with Crippen molar-refractivity contribution < 1.29 is 14.3 Å². The van der Waals surface area contributed by atoms with Crippen molar-refractivity contribution in [2.45, 2.75) is 138 Å². The van der Waals surface area contributed by atoms with Crippen molar-refractivity contribution in [1.82, 2.24) is 0 Å². The Morgan fingerprint density at radius 2 is 1.53 bits per heavy atom. The smallest absolute Gasteiger partial charge is 0.302 e. The zero-order valence-electron chi connectivity index (χ0n) is 24.7. The van der Waals surface area contributed by atoms with Crippen LogP contribution in [0.25, 0.3) is 0 Å². The highest BCUT2D eigenvalue weighted by Crippen LogP contribution is 2.89. The molecule has 0 aromatic rings. The summed E-state index contributed by atoms with van der Waals surface area (Å²) in [7, 11) is 0. The lowest BCUT2D eigenvalue weighted by atomic mass is 9.41. The Kier molecular flexibility index (Phi) is 5.54. The van der Waals surface area contributed by atoms with Crippen LogP contribution in [0.2, 0.25) is 0 Å². The highest BCUT2D eigenvalue weighted by molar-refractivity contribution is 5.66. The molecule has 0 amide bonds. The van der Waals surface area contributed by atoms with Crippen molar-refractivity contribution in [3.05, 3.63) is 0 Å². The van der Waals surface area contributed by atoms with Crippen LogP contribution in [0.4, 0.5) is 0 Å². The van der Waals surface area contributed by atoms with Gasteiger partial charge in [0, 0.05) is 12.3 Å². The minimum absolute atomic E-state index is 0.0940. The normalized spacial score (nSPS) is 53.8. The maximum absolute atomic E-state index is 11.9. The number of hydrogen-bond donors (Lipinski definition) is 0. The standard InChI is InChI=1S/C33H54O3/c1-21(9-10-22(2)31(8)20-35-31)24-13-15-30(7)26-12-11-25-28(4,5)27(36-23(3)34)14-16-32(25)19-33(26,32)18-17-29(24,30)6/h21-22,24-27H,9-20H2,1-8H3. The topological polar surface area (TPSA) is 38.8 Å². The summed E-state index contributed by atoms with van der Waals surface area (Å²) < 4.78 is 11.7. The van der Waals surface area contributed by atoms with Gasteiger partial charge in [0.25, 0.3) is 0 Å². The second-order valence-corrected chi connectivity index (χ2v) is 16.2. The number of epoxide rings is 1. The summed E-state index contributed by atoms with van der Waals surface area (Å²) in [6.07, 6.45) is 15.2. The molecule has 204 valence electrons. The molecule has 3 nitrogen and oxygen atoms in total. The zero-order valence-corrected chi connectivity index (χ0v) is 24.7. The Hall–Kier alpha value is -0.570. The molecule has 0 aromatic carbocycles. The molecule has 1 heterocycles. The van der Waals surface area contributed by atoms with Gasteiger partial charge in [-0.05, 0) is 122 Å². The lowest BCUT2D eigenvalue weighted by Gasteiger charge is -2.63. The highest BCUT2D eigenvalue weighted by atomic mass is 16.6. The molecule has 2 spiro atoms. The molecule has 0 N–H and O–H groups in total. The molecule has 5 aliphatic carbocycles. The van der Waals surface area contributed by atoms with E-state index >= 15 is 0 Å². The minimum atomic E-state index is -0.0940. The van der Waals surface area contributed by atoms with Crippen molar-refractivity contribution in [2.75, 3.05) is 6.61 Å². The van der Waals surface area contributed by atoms with Gasteiger partial charge in [-0.1, -0.05) is 48.0 Å². The summed E-state index contributed by atoms with van der Waals surface area (Å²) in [5, 5.41) is 0. The summed E-state index contributed by atoms with van der Waals surface area (Å²) in [6, 6.07) is 0. The first-order valence-electron chi connectivity index (χ1n) is 15.6. The molecule has 6 rings (SSSR count). The summed E-state index contributed by atoms with van der Waals surface area (Å²) in [4.78, 5) is 11.9. The second-order valence-electron chi connectivity index (χ2n) is 16.2. The number of esters is 1. The SMILES string of the molecule is CC(=O)OC1CCC23CC24CCC2(C)C(C(C)CCC(C)C5(C)CO5)CCC2(C)C4CCC3C1(C)C. The number of hydrogen-bond acceptors (Lipinski definition) is 3. The molecule has 11 unspecified atom stereocenters. The van der Waals surface area contributed by atoms with E-state index in [-0.39, 0.29) is 23.1 Å². The predicted molar refractivity (Wildman–Crippen MR) is 144 cm³/mol. The number of carbonyl (C=O) groups excluding carboxylic acids is 1. The summed E-state index contributed by atoms with van der Waals surface area (Å²) in [6.45, 7) is 20.2. The minimum Gasteiger partial charge on any atom is -0.462 e. The van der Waals surface area contributed by atoms with Gasteiger partial charge in [-0.15, -0.1) is 0 Å². The van der Waals surface area contributed by atoms with Crippen LogP contribution >= 0.6 is 0 Å². The van der Waals surface area contributed by atoms with E-state index in [4.69, 9.17) is 9.47 Å². The Morgan fingerprint density at radius 1 is 0.861 bits per heavy atom. The zero-order chi connectivity index (χ0) is 25.9. The quantitative estimate of drug-likeness (QED) is 0.274. The van der Waals surface area contributed by atoms with E-state index in [0.717, 1.165) is 36.7 Å². The lowest BCUT2D eigenvalue weighted by molar-refractivity contribution is -0.181. The summed E-state index contributed by atoms with van der Waals surface area (Å²) >= 11 is 0. The molecule has 36 heavy (non-hydrogen) atoms. The maximum atomic E-state index is 11.9. The number of rotatable bonds is 6. The molecule has 5 saturated carbocycles. The monoisotopic (exact) mass is 498 g/mol. The fourth-order valence-electron chi connectivity index (χ4n) is 12.1. The van der Waals surface area contributed by atoms with Crippen LogP contribution in [0.3, 0.4) is 0 Å². The average molecular weight is 499 g/mol. The molecule has 3 heteroatoms. The van der Waals surface area contributed by atoms with Crippen LogP contribution in [-0.4, -0.2) is 24.3 Å². The fourth-order valence-corrected chi connectivity index (χ4v) is 12.1. The van der Waals surface area contributed by atoms with E-state index in [9.17, 15) is 4.79 Å². The second kappa shape index (κ2) is 7.76. The molecule has 0 bridgehead atoms. The van der Waals surface area contributed by atoms with E-state index in [0.29, 0.717) is 27.6 Å².